The third kappa shape index (κ3) is 4.95. The van der Waals surface area contributed by atoms with Gasteiger partial charge in [0.1, 0.15) is 10.7 Å². The summed E-state index contributed by atoms with van der Waals surface area (Å²) in [4.78, 5) is 5.37. The second-order valence-corrected chi connectivity index (χ2v) is 9.76. The van der Waals surface area contributed by atoms with E-state index in [4.69, 9.17) is 5.73 Å². The third-order valence-corrected chi connectivity index (χ3v) is 7.48. The molecule has 1 atom stereocenters. The number of piperazine rings is 1. The molecule has 1 aromatic heterocycles. The van der Waals surface area contributed by atoms with Crippen LogP contribution in [0.15, 0.2) is 59.6 Å². The Labute approximate surface area is 197 Å². The van der Waals surface area contributed by atoms with Gasteiger partial charge in [0.2, 0.25) is 10.0 Å². The number of nitrogens with zero attached hydrogens (tertiary/aromatic N) is 3. The van der Waals surface area contributed by atoms with Crippen LogP contribution in [-0.2, 0) is 15.6 Å². The van der Waals surface area contributed by atoms with E-state index in [1.807, 2.05) is 0 Å². The van der Waals surface area contributed by atoms with Gasteiger partial charge >= 0.3 is 12.4 Å². The molecule has 14 heteroatoms. The fourth-order valence-electron chi connectivity index (χ4n) is 3.78. The highest BCUT2D eigenvalue weighted by molar-refractivity contribution is 7.89. The quantitative estimate of drug-likeness (QED) is 0.460. The lowest BCUT2D eigenvalue weighted by Gasteiger charge is -2.41. The summed E-state index contributed by atoms with van der Waals surface area (Å²) in [6.45, 7) is 1.75. The number of pyridine rings is 1. The van der Waals surface area contributed by atoms with Gasteiger partial charge in [0.25, 0.3) is 5.60 Å². The maximum Gasteiger partial charge on any atom is 0.430 e. The molecule has 0 bridgehead atoms. The largest absolute Gasteiger partial charge is 0.430 e. The number of benzene rings is 1. The zero-order valence-electron chi connectivity index (χ0n) is 18.3. The molecule has 0 radical (unpaired) electrons. The summed E-state index contributed by atoms with van der Waals surface area (Å²) >= 11 is 0. The molecule has 0 aliphatic carbocycles. The Morgan fingerprint density at radius 3 is 2.11 bits per heavy atom. The monoisotopic (exact) mass is 524 g/mol. The van der Waals surface area contributed by atoms with Crippen molar-refractivity contribution in [2.24, 2.45) is 0 Å². The number of halogens is 6. The lowest BCUT2D eigenvalue weighted by molar-refractivity contribution is -0.376. The average Bonchev–Trinajstić information content (AvgIpc) is 2.77. The SMILES string of the molecule is C/C=C\[C@H]1CN(S(=O)(=O)c2ccc(N)nc2)CCN1c1ccc(C(O)(C(F)(F)F)C(F)(F)F)cc1. The highest BCUT2D eigenvalue weighted by Gasteiger charge is 2.71. The Morgan fingerprint density at radius 1 is 1.03 bits per heavy atom. The fourth-order valence-corrected chi connectivity index (χ4v) is 5.18. The van der Waals surface area contributed by atoms with Gasteiger partial charge in [-0.2, -0.15) is 30.6 Å². The van der Waals surface area contributed by atoms with Crippen molar-refractivity contribution >= 4 is 21.5 Å². The molecule has 3 rings (SSSR count). The van der Waals surface area contributed by atoms with Crippen LogP contribution < -0.4 is 10.6 Å². The van der Waals surface area contributed by atoms with E-state index in [9.17, 15) is 39.9 Å². The second-order valence-electron chi connectivity index (χ2n) is 7.82. The summed E-state index contributed by atoms with van der Waals surface area (Å²) in [6, 6.07) is 5.27. The highest BCUT2D eigenvalue weighted by atomic mass is 32.2. The minimum Gasteiger partial charge on any atom is -0.384 e. The first kappa shape index (κ1) is 26.8. The molecular weight excluding hydrogens is 502 g/mol. The Balaban J connectivity index is 1.89. The van der Waals surface area contributed by atoms with Gasteiger partial charge in [-0.05, 0) is 31.2 Å². The van der Waals surface area contributed by atoms with Gasteiger partial charge in [-0.25, -0.2) is 13.4 Å². The number of aromatic nitrogens is 1. The van der Waals surface area contributed by atoms with E-state index in [0.717, 1.165) is 18.3 Å². The van der Waals surface area contributed by atoms with Crippen molar-refractivity contribution in [3.63, 3.8) is 0 Å². The molecule has 3 N–H and O–H groups in total. The van der Waals surface area contributed by atoms with E-state index in [0.29, 0.717) is 12.1 Å². The van der Waals surface area contributed by atoms with Gasteiger partial charge in [0.05, 0.1) is 6.04 Å². The van der Waals surface area contributed by atoms with Gasteiger partial charge in [-0.15, -0.1) is 0 Å². The van der Waals surface area contributed by atoms with Crippen LogP contribution >= 0.6 is 0 Å². The van der Waals surface area contributed by atoms with Crippen LogP contribution in [0.3, 0.4) is 0 Å². The first-order chi connectivity index (χ1) is 16.1. The molecule has 0 unspecified atom stereocenters. The fraction of sp³-hybridized carbons (Fsp3) is 0.381. The number of anilines is 2. The summed E-state index contributed by atoms with van der Waals surface area (Å²) in [5.41, 5.74) is -0.640. The molecule has 192 valence electrons. The Morgan fingerprint density at radius 2 is 1.63 bits per heavy atom. The first-order valence-corrected chi connectivity index (χ1v) is 11.6. The maximum absolute atomic E-state index is 13.2. The molecule has 1 saturated heterocycles. The summed E-state index contributed by atoms with van der Waals surface area (Å²) in [5.74, 6) is 0.145. The lowest BCUT2D eigenvalue weighted by Crippen LogP contribution is -2.54. The Hall–Kier alpha value is -2.84. The molecule has 7 nitrogen and oxygen atoms in total. The Bertz CT molecular complexity index is 1150. The number of hydrogen-bond acceptors (Lipinski definition) is 6. The molecule has 1 aliphatic rings. The molecule has 2 aromatic rings. The number of alkyl halides is 6. The molecule has 1 aliphatic heterocycles. The van der Waals surface area contributed by atoms with E-state index in [-0.39, 0.29) is 36.0 Å². The van der Waals surface area contributed by atoms with E-state index >= 15 is 0 Å². The predicted molar refractivity (Wildman–Crippen MR) is 116 cm³/mol. The predicted octanol–water partition coefficient (Wildman–Crippen LogP) is 3.43. The van der Waals surface area contributed by atoms with Gasteiger partial charge in [-0.1, -0.05) is 24.3 Å². The van der Waals surface area contributed by atoms with Gasteiger partial charge in [-0.3, -0.25) is 0 Å². The van der Waals surface area contributed by atoms with Gasteiger partial charge in [0, 0.05) is 37.1 Å². The summed E-state index contributed by atoms with van der Waals surface area (Å²) in [7, 11) is -3.92. The number of aliphatic hydroxyl groups is 1. The number of sulfonamides is 1. The average molecular weight is 524 g/mol. The van der Waals surface area contributed by atoms with Crippen molar-refractivity contribution in [3.05, 3.63) is 60.3 Å². The number of nitrogen functional groups attached to an aromatic ring is 1. The number of allylic oxidation sites excluding steroid dienone is 1. The van der Waals surface area contributed by atoms with Crippen LogP contribution in [0.4, 0.5) is 37.8 Å². The minimum absolute atomic E-state index is 0.00243. The summed E-state index contributed by atoms with van der Waals surface area (Å²) in [5, 5.41) is 9.58. The van der Waals surface area contributed by atoms with Crippen molar-refractivity contribution in [1.82, 2.24) is 9.29 Å². The highest BCUT2D eigenvalue weighted by Crippen LogP contribution is 2.50. The normalized spacial score (nSPS) is 18.9. The van der Waals surface area contributed by atoms with Crippen LogP contribution in [0.25, 0.3) is 0 Å². The van der Waals surface area contributed by atoms with Crippen LogP contribution in [0, 0.1) is 0 Å². The summed E-state index contributed by atoms with van der Waals surface area (Å²) in [6.07, 6.45) is -7.53. The van der Waals surface area contributed by atoms with Crippen molar-refractivity contribution < 1.29 is 39.9 Å². The zero-order chi connectivity index (χ0) is 26.2. The summed E-state index contributed by atoms with van der Waals surface area (Å²) < 4.78 is 106. The first-order valence-electron chi connectivity index (χ1n) is 10.2. The van der Waals surface area contributed by atoms with Crippen molar-refractivity contribution in [1.29, 1.82) is 0 Å². The molecule has 0 spiro atoms. The minimum atomic E-state index is -5.99. The van der Waals surface area contributed by atoms with Crippen molar-refractivity contribution in [2.45, 2.75) is 35.8 Å². The van der Waals surface area contributed by atoms with E-state index < -0.39 is 39.6 Å². The van der Waals surface area contributed by atoms with E-state index in [1.165, 1.54) is 16.4 Å². The topological polar surface area (TPSA) is 99.8 Å². The molecule has 1 fully saturated rings. The van der Waals surface area contributed by atoms with Crippen LogP contribution in [0.5, 0.6) is 0 Å². The third-order valence-electron chi connectivity index (χ3n) is 5.63. The van der Waals surface area contributed by atoms with Crippen molar-refractivity contribution in [3.8, 4) is 0 Å². The standard InChI is InChI=1S/C21H22F6N4O3S/c1-2-3-16-13-30(35(33,34)17-8-9-18(28)29-12-17)10-11-31(16)15-6-4-14(5-7-15)19(32,20(22,23)24)21(25,26)27/h2-9,12,16,32H,10-11,13H2,1H3,(H2,28,29)/b3-2-/t16-/m0/s1. The zero-order valence-corrected chi connectivity index (χ0v) is 19.1. The molecule has 0 amide bonds. The van der Waals surface area contributed by atoms with Gasteiger partial charge < -0.3 is 15.7 Å². The molecular formula is C21H22F6N4O3S. The number of nitrogens with two attached hydrogens (primary N) is 1. The molecule has 2 heterocycles. The molecule has 0 saturated carbocycles. The second kappa shape index (κ2) is 9.32. The van der Waals surface area contributed by atoms with Crippen LogP contribution in [-0.4, -0.2) is 60.8 Å². The Kier molecular flexibility index (Phi) is 7.12. The van der Waals surface area contributed by atoms with Gasteiger partial charge in [0.15, 0.2) is 0 Å². The van der Waals surface area contributed by atoms with Crippen LogP contribution in [0.1, 0.15) is 12.5 Å². The van der Waals surface area contributed by atoms with Crippen LogP contribution in [0.2, 0.25) is 0 Å². The van der Waals surface area contributed by atoms with E-state index in [2.05, 4.69) is 4.98 Å². The smallest absolute Gasteiger partial charge is 0.384 e. The van der Waals surface area contributed by atoms with Crippen molar-refractivity contribution in [2.75, 3.05) is 30.3 Å². The lowest BCUT2D eigenvalue weighted by atomic mass is 9.92. The van der Waals surface area contributed by atoms with E-state index in [1.54, 1.807) is 24.0 Å². The number of hydrogen-bond donors (Lipinski definition) is 2. The molecule has 1 aromatic carbocycles. The number of rotatable bonds is 5. The maximum atomic E-state index is 13.2. The molecule has 35 heavy (non-hydrogen) atoms.